The quantitative estimate of drug-likeness (QED) is 0.138. The minimum Gasteiger partial charge on any atom is -0.346 e. The summed E-state index contributed by atoms with van der Waals surface area (Å²) in [5, 5.41) is 11.7. The van der Waals surface area contributed by atoms with Gasteiger partial charge in [-0.2, -0.15) is 37.1 Å². The fraction of sp³-hybridized carbons (Fsp3) is 0.410. The van der Waals surface area contributed by atoms with Gasteiger partial charge in [0.2, 0.25) is 15.9 Å². The predicted octanol–water partition coefficient (Wildman–Crippen LogP) is 6.56. The molecule has 3 aliphatic rings. The van der Waals surface area contributed by atoms with Crippen molar-refractivity contribution in [3.8, 4) is 11.1 Å². The number of amides is 1. The number of fused-ring (bicyclic) bond motifs is 5. The third-order valence-corrected chi connectivity index (χ3v) is 13.1. The highest BCUT2D eigenvalue weighted by Crippen LogP contribution is 2.68. The minimum atomic E-state index is -5.06. The topological polar surface area (TPSA) is 143 Å². The molecule has 9 rings (SSSR count). The summed E-state index contributed by atoms with van der Waals surface area (Å²) in [6.07, 6.45) is -4.54. The normalized spacial score (nSPS) is 19.3. The van der Waals surface area contributed by atoms with Crippen LogP contribution in [-0.2, 0) is 46.9 Å². The Hall–Kier alpha value is -5.35. The number of halogens is 7. The Morgan fingerprint density at radius 2 is 1.74 bits per heavy atom. The van der Waals surface area contributed by atoms with Crippen molar-refractivity contribution < 1.29 is 43.9 Å². The maximum atomic E-state index is 15.5. The molecule has 1 saturated carbocycles. The first-order chi connectivity index (χ1) is 28.8. The summed E-state index contributed by atoms with van der Waals surface area (Å²) in [4.78, 5) is 28.3. The number of anilines is 2. The first-order valence-electron chi connectivity index (χ1n) is 19.3. The molecule has 4 aromatic heterocycles. The van der Waals surface area contributed by atoms with Crippen molar-refractivity contribution in [1.82, 2.24) is 39.7 Å². The molecule has 3 atom stereocenters. The van der Waals surface area contributed by atoms with Crippen molar-refractivity contribution in [3.63, 3.8) is 0 Å². The van der Waals surface area contributed by atoms with E-state index in [-0.39, 0.29) is 35.6 Å². The summed E-state index contributed by atoms with van der Waals surface area (Å²) in [6.45, 7) is 4.92. The number of hydrogen-bond acceptors (Lipinski definition) is 10. The number of nitrogens with one attached hydrogen (secondary N) is 2. The van der Waals surface area contributed by atoms with Crippen molar-refractivity contribution in [1.29, 1.82) is 0 Å². The highest BCUT2D eigenvalue weighted by molar-refractivity contribution is 7.92. The summed E-state index contributed by atoms with van der Waals surface area (Å²) in [7, 11) is -2.18. The van der Waals surface area contributed by atoms with Crippen LogP contribution in [0.3, 0.4) is 0 Å². The molecule has 0 unspecified atom stereocenters. The van der Waals surface area contributed by atoms with E-state index in [9.17, 15) is 35.2 Å². The number of hydrogen-bond donors (Lipinski definition) is 2. The van der Waals surface area contributed by atoms with E-state index in [0.29, 0.717) is 55.7 Å². The van der Waals surface area contributed by atoms with Crippen molar-refractivity contribution in [2.24, 2.45) is 13.0 Å². The van der Waals surface area contributed by atoms with Crippen LogP contribution in [0, 0.1) is 17.6 Å². The molecule has 0 bridgehead atoms. The molecule has 22 heteroatoms. The molecule has 5 heterocycles. The molecule has 1 saturated heterocycles. The van der Waals surface area contributed by atoms with E-state index in [0.717, 1.165) is 38.0 Å². The fourth-order valence-corrected chi connectivity index (χ4v) is 10.2. The van der Waals surface area contributed by atoms with Crippen molar-refractivity contribution in [3.05, 3.63) is 82.3 Å². The first-order valence-corrected chi connectivity index (χ1v) is 22.0. The van der Waals surface area contributed by atoms with Crippen LogP contribution in [0.25, 0.3) is 32.4 Å². The number of likely N-dealkylation sites (N-methyl/N-ethyl adjacent to an activating group) is 1. The molecule has 322 valence electrons. The molecule has 13 nitrogen and oxygen atoms in total. The molecular weight excluding hydrogens is 854 g/mol. The van der Waals surface area contributed by atoms with E-state index in [2.05, 4.69) is 37.0 Å². The Bertz CT molecular complexity index is 2830. The van der Waals surface area contributed by atoms with Crippen LogP contribution in [0.4, 0.5) is 41.7 Å². The average Bonchev–Trinajstić information content (AvgIpc) is 3.44. The van der Waals surface area contributed by atoms with E-state index in [1.54, 1.807) is 31.3 Å². The summed E-state index contributed by atoms with van der Waals surface area (Å²) in [5.41, 5.74) is -1.35. The molecular formula is C39H37F7N10O3S2. The summed E-state index contributed by atoms with van der Waals surface area (Å²) >= 11 is 1.37. The van der Waals surface area contributed by atoms with Crippen LogP contribution >= 0.6 is 11.3 Å². The Kier molecular flexibility index (Phi) is 9.85. The van der Waals surface area contributed by atoms with Gasteiger partial charge in [-0.05, 0) is 55.1 Å². The lowest BCUT2D eigenvalue weighted by Crippen LogP contribution is -2.46. The fourth-order valence-electron chi connectivity index (χ4n) is 8.69. The summed E-state index contributed by atoms with van der Waals surface area (Å²) in [5.74, 6) is -8.86. The third kappa shape index (κ3) is 7.55. The van der Waals surface area contributed by atoms with E-state index in [1.807, 2.05) is 0 Å². The Morgan fingerprint density at radius 3 is 2.41 bits per heavy atom. The molecule has 6 aromatic rings. The SMILES string of the molecule is CCN1CCN(c2nc3nc([C@H](Cc4cc(F)cc(F)c4)NC(=O)Cn4nc(C(F)(F)F)c5c4C(F)(F)[C@@H]4C[C@H]54)c(-c4cccc5c(NS(C)(=O)=O)nn(C)c45)cc3s2)CC1. The van der Waals surface area contributed by atoms with Gasteiger partial charge in [0.15, 0.2) is 22.3 Å². The predicted molar refractivity (Wildman–Crippen MR) is 213 cm³/mol. The number of carbonyl (C=O) groups excluding carboxylic acids is 1. The van der Waals surface area contributed by atoms with Gasteiger partial charge >= 0.3 is 6.18 Å². The van der Waals surface area contributed by atoms with E-state index >= 15 is 8.78 Å². The lowest BCUT2D eigenvalue weighted by atomic mass is 9.94. The second-order valence-electron chi connectivity index (χ2n) is 15.6. The van der Waals surface area contributed by atoms with Gasteiger partial charge in [0.25, 0.3) is 5.92 Å². The number of nitrogens with zero attached hydrogens (tertiary/aromatic N) is 8. The zero-order valence-corrected chi connectivity index (χ0v) is 34.3. The second-order valence-corrected chi connectivity index (χ2v) is 18.4. The number of sulfonamides is 1. The zero-order chi connectivity index (χ0) is 43.3. The van der Waals surface area contributed by atoms with Crippen LogP contribution in [0.5, 0.6) is 0 Å². The number of pyridine rings is 1. The standard InChI is InChI=1S/C39H37F7N10O3S2/c1-4-54-8-10-55(11-9-54)37-49-36-28(60-37)17-24(22-6-5-7-23-32(22)53(2)51-35(23)52-61(3,58)59)31(48-36)27(14-19-12-20(40)15-21(41)13-19)47-29(57)18-56-34-30(33(50-56)39(44,45)46)25-16-26(25)38(34,42)43/h5-7,12-13,15,17,25-27H,4,8-11,14,16,18H2,1-3H3,(H,47,57)(H,51,52)/t25-,26+,27-/m0/s1. The number of alkyl halides is 5. The van der Waals surface area contributed by atoms with Gasteiger partial charge in [0, 0.05) is 67.3 Å². The van der Waals surface area contributed by atoms with E-state index in [1.165, 1.54) is 16.0 Å². The number of benzene rings is 2. The van der Waals surface area contributed by atoms with Crippen LogP contribution < -0.4 is 14.9 Å². The number of para-hydroxylation sites is 1. The molecule has 2 aromatic carbocycles. The van der Waals surface area contributed by atoms with Crippen LogP contribution in [0.1, 0.15) is 53.5 Å². The van der Waals surface area contributed by atoms with Gasteiger partial charge in [-0.1, -0.05) is 30.4 Å². The van der Waals surface area contributed by atoms with E-state index < -0.39 is 81.0 Å². The number of rotatable bonds is 11. The number of carbonyl (C=O) groups is 1. The maximum absolute atomic E-state index is 15.5. The number of aromatic nitrogens is 6. The maximum Gasteiger partial charge on any atom is 0.435 e. The molecule has 2 fully saturated rings. The van der Waals surface area contributed by atoms with E-state index in [4.69, 9.17) is 9.97 Å². The largest absolute Gasteiger partial charge is 0.435 e. The van der Waals surface area contributed by atoms with Crippen molar-refractivity contribution in [2.75, 3.05) is 48.6 Å². The third-order valence-electron chi connectivity index (χ3n) is 11.4. The summed E-state index contributed by atoms with van der Waals surface area (Å²) in [6, 6.07) is 8.25. The lowest BCUT2D eigenvalue weighted by Gasteiger charge is -2.33. The molecule has 2 N–H and O–H groups in total. The Labute approximate surface area is 347 Å². The van der Waals surface area contributed by atoms with Gasteiger partial charge in [0.1, 0.15) is 23.9 Å². The number of piperazine rings is 1. The molecule has 1 amide bonds. The Morgan fingerprint density at radius 1 is 1.02 bits per heavy atom. The van der Waals surface area contributed by atoms with Crippen LogP contribution in [0.15, 0.2) is 42.5 Å². The molecule has 1 aliphatic heterocycles. The van der Waals surface area contributed by atoms with Gasteiger partial charge in [-0.3, -0.25) is 18.9 Å². The number of thiazole rings is 1. The van der Waals surface area contributed by atoms with Crippen LogP contribution in [0.2, 0.25) is 0 Å². The first kappa shape index (κ1) is 41.0. The highest BCUT2D eigenvalue weighted by Gasteiger charge is 2.68. The van der Waals surface area contributed by atoms with Gasteiger partial charge < -0.3 is 15.1 Å². The lowest BCUT2D eigenvalue weighted by molar-refractivity contribution is -0.142. The molecule has 61 heavy (non-hydrogen) atoms. The molecule has 0 spiro atoms. The van der Waals surface area contributed by atoms with Crippen molar-refractivity contribution >= 4 is 59.5 Å². The molecule has 0 radical (unpaired) electrons. The number of aryl methyl sites for hydroxylation is 1. The second kappa shape index (κ2) is 14.6. The average molecular weight is 891 g/mol. The van der Waals surface area contributed by atoms with Gasteiger partial charge in [0.05, 0.1) is 28.2 Å². The molecule has 2 aliphatic carbocycles. The highest BCUT2D eigenvalue weighted by atomic mass is 32.2. The van der Waals surface area contributed by atoms with Crippen molar-refractivity contribution in [2.45, 2.75) is 50.4 Å². The smallest absolute Gasteiger partial charge is 0.346 e. The minimum absolute atomic E-state index is 0.0308. The Balaban J connectivity index is 1.19. The van der Waals surface area contributed by atoms with Gasteiger partial charge in [-0.25, -0.2) is 22.2 Å². The zero-order valence-electron chi connectivity index (χ0n) is 32.7. The van der Waals surface area contributed by atoms with Crippen LogP contribution in [-0.4, -0.2) is 87.7 Å². The summed E-state index contributed by atoms with van der Waals surface area (Å²) < 4.78 is 132. The van der Waals surface area contributed by atoms with Gasteiger partial charge in [-0.15, -0.1) is 0 Å². The monoisotopic (exact) mass is 890 g/mol.